The molecule has 3 aromatic heterocycles. The first-order chi connectivity index (χ1) is 15.4. The molecular formula is C20H20N6O2S4. The van der Waals surface area contributed by atoms with Crippen LogP contribution in [0.15, 0.2) is 9.72 Å². The van der Waals surface area contributed by atoms with E-state index < -0.39 is 0 Å². The molecule has 8 nitrogen and oxygen atoms in total. The van der Waals surface area contributed by atoms with E-state index in [1.54, 1.807) is 5.38 Å². The van der Waals surface area contributed by atoms with E-state index in [9.17, 15) is 9.59 Å². The molecule has 1 aliphatic heterocycles. The molecule has 4 rings (SSSR count). The maximum Gasteiger partial charge on any atom is 0.276 e. The molecule has 0 aromatic carbocycles. The molecule has 0 spiro atoms. The molecular weight excluding hydrogens is 485 g/mol. The number of thiazole rings is 2. The van der Waals surface area contributed by atoms with Gasteiger partial charge in [0.05, 0.1) is 21.5 Å². The van der Waals surface area contributed by atoms with Crippen molar-refractivity contribution in [3.05, 3.63) is 31.7 Å². The Balaban J connectivity index is 1.33. The van der Waals surface area contributed by atoms with E-state index in [1.165, 1.54) is 45.8 Å². The van der Waals surface area contributed by atoms with Gasteiger partial charge in [0.25, 0.3) is 11.8 Å². The van der Waals surface area contributed by atoms with Crippen molar-refractivity contribution in [2.24, 2.45) is 0 Å². The fraction of sp³-hybridized carbons (Fsp3) is 0.400. The summed E-state index contributed by atoms with van der Waals surface area (Å²) in [5, 5.41) is 14.7. The highest BCUT2D eigenvalue weighted by Crippen LogP contribution is 2.32. The van der Waals surface area contributed by atoms with Crippen molar-refractivity contribution in [1.82, 2.24) is 25.1 Å². The van der Waals surface area contributed by atoms with Gasteiger partial charge in [0.2, 0.25) is 5.13 Å². The number of likely N-dealkylation sites (tertiary alicyclic amines) is 1. The minimum Gasteiger partial charge on any atom is -0.338 e. The fourth-order valence-electron chi connectivity index (χ4n) is 3.37. The van der Waals surface area contributed by atoms with Crippen LogP contribution in [0.5, 0.6) is 0 Å². The maximum absolute atomic E-state index is 12.8. The fourth-order valence-corrected chi connectivity index (χ4v) is 6.65. The van der Waals surface area contributed by atoms with Crippen LogP contribution in [-0.4, -0.2) is 55.7 Å². The zero-order valence-electron chi connectivity index (χ0n) is 17.5. The minimum atomic E-state index is -0.305. The number of nitrogens with one attached hydrogen (secondary N) is 1. The molecule has 1 N–H and O–H groups in total. The normalized spacial score (nSPS) is 14.3. The van der Waals surface area contributed by atoms with Crippen LogP contribution in [0.25, 0.3) is 0 Å². The number of piperidine rings is 1. The molecule has 0 aliphatic carbocycles. The highest BCUT2D eigenvalue weighted by atomic mass is 32.2. The molecule has 1 aliphatic rings. The molecule has 0 saturated carbocycles. The van der Waals surface area contributed by atoms with Gasteiger partial charge in [-0.2, -0.15) is 0 Å². The lowest BCUT2D eigenvalue weighted by atomic mass is 9.97. The number of rotatable bonds is 6. The molecule has 32 heavy (non-hydrogen) atoms. The molecule has 3 aromatic rings. The number of amides is 2. The number of aryl methyl sites for hydroxylation is 2. The van der Waals surface area contributed by atoms with Crippen molar-refractivity contribution in [2.75, 3.05) is 24.2 Å². The number of anilines is 1. The number of hydrogen-bond acceptors (Lipinski definition) is 10. The third kappa shape index (κ3) is 5.17. The van der Waals surface area contributed by atoms with Gasteiger partial charge < -0.3 is 4.90 Å². The van der Waals surface area contributed by atoms with Crippen molar-refractivity contribution in [3.63, 3.8) is 0 Å². The Morgan fingerprint density at radius 1 is 1.25 bits per heavy atom. The lowest BCUT2D eigenvalue weighted by molar-refractivity contribution is 0.0717. The van der Waals surface area contributed by atoms with Gasteiger partial charge in [0, 0.05) is 24.4 Å². The van der Waals surface area contributed by atoms with Crippen LogP contribution in [0.2, 0.25) is 0 Å². The average Bonchev–Trinajstić information content (AvgIpc) is 3.52. The van der Waals surface area contributed by atoms with Crippen LogP contribution in [0.3, 0.4) is 0 Å². The summed E-state index contributed by atoms with van der Waals surface area (Å²) in [4.78, 5) is 36.9. The third-order valence-electron chi connectivity index (χ3n) is 4.89. The van der Waals surface area contributed by atoms with Crippen LogP contribution >= 0.6 is 45.8 Å². The Morgan fingerprint density at radius 2 is 2.03 bits per heavy atom. The first-order valence-corrected chi connectivity index (χ1v) is 13.3. The zero-order chi connectivity index (χ0) is 22.7. The van der Waals surface area contributed by atoms with Gasteiger partial charge in [-0.1, -0.05) is 29.0 Å². The number of terminal acetylenes is 1. The number of hydrogen-bond donors (Lipinski definition) is 1. The zero-order valence-corrected chi connectivity index (χ0v) is 20.7. The van der Waals surface area contributed by atoms with Gasteiger partial charge in [-0.3, -0.25) is 14.9 Å². The predicted molar refractivity (Wildman–Crippen MR) is 129 cm³/mol. The second kappa shape index (κ2) is 10.1. The molecule has 2 amide bonds. The highest BCUT2D eigenvalue weighted by Gasteiger charge is 2.28. The van der Waals surface area contributed by atoms with Crippen LogP contribution in [0.4, 0.5) is 5.13 Å². The predicted octanol–water partition coefficient (Wildman–Crippen LogP) is 4.07. The molecule has 0 bridgehead atoms. The average molecular weight is 505 g/mol. The Hall–Kier alpha value is -2.33. The van der Waals surface area contributed by atoms with Crippen molar-refractivity contribution in [2.45, 2.75) is 36.9 Å². The number of carbonyl (C=O) groups is 2. The second-order valence-electron chi connectivity index (χ2n) is 7.10. The number of aromatic nitrogens is 4. The quantitative estimate of drug-likeness (QED) is 0.307. The van der Waals surface area contributed by atoms with Crippen LogP contribution < -0.4 is 5.32 Å². The van der Waals surface area contributed by atoms with E-state index in [2.05, 4.69) is 31.4 Å². The summed E-state index contributed by atoms with van der Waals surface area (Å²) in [5.74, 6) is 3.03. The van der Waals surface area contributed by atoms with Gasteiger partial charge in [-0.15, -0.1) is 39.3 Å². The maximum atomic E-state index is 12.8. The SMILES string of the molecule is C#CCSc1nnc(NC(=O)c2csc(C3CCN(C(=O)c4sc(C)nc4C)CC3)n2)s1. The van der Waals surface area contributed by atoms with Crippen molar-refractivity contribution >= 4 is 62.7 Å². The second-order valence-corrected chi connectivity index (χ2v) is 11.4. The van der Waals surface area contributed by atoms with Gasteiger partial charge in [-0.05, 0) is 26.7 Å². The summed E-state index contributed by atoms with van der Waals surface area (Å²) >= 11 is 5.62. The molecule has 4 heterocycles. The van der Waals surface area contributed by atoms with Gasteiger partial charge >= 0.3 is 0 Å². The standard InChI is InChI=1S/C20H20N6O2S4/c1-4-9-29-20-25-24-19(32-20)23-16(27)14-10-30-17(22-14)13-5-7-26(8-6-13)18(28)15-11(2)21-12(3)31-15/h1,10,13H,5-9H2,2-3H3,(H,23,24,27). The lowest BCUT2D eigenvalue weighted by Gasteiger charge is -2.30. The van der Waals surface area contributed by atoms with E-state index in [4.69, 9.17) is 6.42 Å². The van der Waals surface area contributed by atoms with Crippen molar-refractivity contribution in [3.8, 4) is 12.3 Å². The third-order valence-corrected chi connectivity index (χ3v) is 8.83. The van der Waals surface area contributed by atoms with Crippen LogP contribution in [0.1, 0.15) is 54.6 Å². The summed E-state index contributed by atoms with van der Waals surface area (Å²) < 4.78 is 0.710. The van der Waals surface area contributed by atoms with Gasteiger partial charge in [-0.25, -0.2) is 9.97 Å². The summed E-state index contributed by atoms with van der Waals surface area (Å²) in [5.41, 5.74) is 1.17. The number of nitrogens with zero attached hydrogens (tertiary/aromatic N) is 5. The molecule has 0 atom stereocenters. The monoisotopic (exact) mass is 504 g/mol. The molecule has 12 heteroatoms. The van der Waals surface area contributed by atoms with Crippen LogP contribution in [0, 0.1) is 26.2 Å². The summed E-state index contributed by atoms with van der Waals surface area (Å²) in [6.07, 6.45) is 6.89. The molecule has 0 radical (unpaired) electrons. The number of carbonyl (C=O) groups excluding carboxylic acids is 2. The van der Waals surface area contributed by atoms with E-state index in [0.717, 1.165) is 33.4 Å². The van der Waals surface area contributed by atoms with Crippen molar-refractivity contribution in [1.29, 1.82) is 0 Å². The van der Waals surface area contributed by atoms with Crippen molar-refractivity contribution < 1.29 is 9.59 Å². The Morgan fingerprint density at radius 3 is 2.72 bits per heavy atom. The summed E-state index contributed by atoms with van der Waals surface area (Å²) in [7, 11) is 0. The Kier molecular flexibility index (Phi) is 7.20. The topological polar surface area (TPSA) is 101 Å². The van der Waals surface area contributed by atoms with Gasteiger partial charge in [0.15, 0.2) is 4.34 Å². The first-order valence-electron chi connectivity index (χ1n) is 9.84. The molecule has 166 valence electrons. The molecule has 0 unspecified atom stereocenters. The Labute approximate surface area is 201 Å². The number of thioether (sulfide) groups is 1. The first kappa shape index (κ1) is 22.8. The molecule has 1 fully saturated rings. The smallest absolute Gasteiger partial charge is 0.276 e. The van der Waals surface area contributed by atoms with E-state index >= 15 is 0 Å². The summed E-state index contributed by atoms with van der Waals surface area (Å²) in [6, 6.07) is 0. The van der Waals surface area contributed by atoms with E-state index in [1.807, 2.05) is 18.7 Å². The highest BCUT2D eigenvalue weighted by molar-refractivity contribution is 8.01. The van der Waals surface area contributed by atoms with Crippen LogP contribution in [-0.2, 0) is 0 Å². The largest absolute Gasteiger partial charge is 0.338 e. The van der Waals surface area contributed by atoms with E-state index in [-0.39, 0.29) is 17.7 Å². The molecule has 1 saturated heterocycles. The Bertz CT molecular complexity index is 1170. The summed E-state index contributed by atoms with van der Waals surface area (Å²) in [6.45, 7) is 5.14. The van der Waals surface area contributed by atoms with Gasteiger partial charge in [0.1, 0.15) is 10.6 Å². The van der Waals surface area contributed by atoms with E-state index in [0.29, 0.717) is 34.0 Å². The lowest BCUT2D eigenvalue weighted by Crippen LogP contribution is -2.37. The minimum absolute atomic E-state index is 0.0580.